The summed E-state index contributed by atoms with van der Waals surface area (Å²) in [7, 11) is 3.75. The summed E-state index contributed by atoms with van der Waals surface area (Å²) in [4.78, 5) is 16.3. The van der Waals surface area contributed by atoms with Crippen LogP contribution >= 0.6 is 11.6 Å². The lowest BCUT2D eigenvalue weighted by Gasteiger charge is -2.10. The molecule has 3 N–H and O–H groups in total. The molecule has 0 atom stereocenters. The summed E-state index contributed by atoms with van der Waals surface area (Å²) in [5, 5.41) is 9.49. The quantitative estimate of drug-likeness (QED) is 0.606. The van der Waals surface area contributed by atoms with Crippen molar-refractivity contribution in [3.63, 3.8) is 0 Å². The van der Waals surface area contributed by atoms with E-state index in [0.717, 1.165) is 16.6 Å². The lowest BCUT2D eigenvalue weighted by molar-refractivity contribution is 0.262. The minimum atomic E-state index is -0.325. The molecule has 6 heteroatoms. The van der Waals surface area contributed by atoms with Gasteiger partial charge in [0.1, 0.15) is 5.15 Å². The summed E-state index contributed by atoms with van der Waals surface area (Å²) in [5.74, 6) is 0. The number of pyridine rings is 1. The SMILES string of the molecule is CNC.O=C(Nc1ccccc1)Nc1cc(Cl)nc2ccccc12. The van der Waals surface area contributed by atoms with E-state index in [1.165, 1.54) is 0 Å². The molecule has 24 heavy (non-hydrogen) atoms. The number of halogens is 1. The standard InChI is InChI=1S/C16H12ClN3O.C2H7N/c17-15-10-14(12-8-4-5-9-13(12)19-15)20-16(21)18-11-6-2-1-3-7-11;1-3-2/h1-10H,(H2,18,19,20,21);3H,1-2H3. The Balaban J connectivity index is 0.000000647. The minimum Gasteiger partial charge on any atom is -0.323 e. The zero-order chi connectivity index (χ0) is 17.4. The Bertz CT molecular complexity index is 808. The highest BCUT2D eigenvalue weighted by Crippen LogP contribution is 2.25. The van der Waals surface area contributed by atoms with Crippen molar-refractivity contribution in [3.8, 4) is 0 Å². The highest BCUT2D eigenvalue weighted by molar-refractivity contribution is 6.30. The number of amides is 2. The van der Waals surface area contributed by atoms with E-state index >= 15 is 0 Å². The molecule has 124 valence electrons. The molecule has 1 heterocycles. The van der Waals surface area contributed by atoms with E-state index in [-0.39, 0.29) is 6.03 Å². The second-order valence-corrected chi connectivity index (χ2v) is 5.34. The van der Waals surface area contributed by atoms with Crippen LogP contribution in [0.25, 0.3) is 10.9 Å². The van der Waals surface area contributed by atoms with Crippen molar-refractivity contribution in [3.05, 3.63) is 65.8 Å². The van der Waals surface area contributed by atoms with Gasteiger partial charge in [0.05, 0.1) is 11.2 Å². The fourth-order valence-electron chi connectivity index (χ4n) is 2.05. The first-order chi connectivity index (χ1) is 11.6. The van der Waals surface area contributed by atoms with Gasteiger partial charge in [0.25, 0.3) is 0 Å². The largest absolute Gasteiger partial charge is 0.323 e. The fraction of sp³-hybridized carbons (Fsp3) is 0.111. The minimum absolute atomic E-state index is 0.325. The lowest BCUT2D eigenvalue weighted by Crippen LogP contribution is -2.19. The van der Waals surface area contributed by atoms with E-state index in [4.69, 9.17) is 11.6 Å². The number of benzene rings is 2. The van der Waals surface area contributed by atoms with Crippen molar-refractivity contribution in [2.24, 2.45) is 0 Å². The van der Waals surface area contributed by atoms with E-state index in [1.54, 1.807) is 6.07 Å². The molecule has 1 aromatic heterocycles. The number of nitrogens with zero attached hydrogens (tertiary/aromatic N) is 1. The Labute approximate surface area is 146 Å². The molecule has 0 saturated heterocycles. The van der Waals surface area contributed by atoms with Crippen LogP contribution in [-0.4, -0.2) is 25.1 Å². The molecular weight excluding hydrogens is 324 g/mol. The van der Waals surface area contributed by atoms with E-state index in [9.17, 15) is 4.79 Å². The van der Waals surface area contributed by atoms with Crippen LogP contribution in [0.3, 0.4) is 0 Å². The second kappa shape index (κ2) is 8.86. The van der Waals surface area contributed by atoms with Gasteiger partial charge in [-0.3, -0.25) is 0 Å². The van der Waals surface area contributed by atoms with Gasteiger partial charge in [0.15, 0.2) is 0 Å². The third-order valence-corrected chi connectivity index (χ3v) is 3.16. The lowest BCUT2D eigenvalue weighted by atomic mass is 10.2. The molecule has 0 radical (unpaired) electrons. The predicted molar refractivity (Wildman–Crippen MR) is 101 cm³/mol. The zero-order valence-electron chi connectivity index (χ0n) is 13.5. The summed E-state index contributed by atoms with van der Waals surface area (Å²) in [6, 6.07) is 18.0. The molecule has 0 aliphatic carbocycles. The Morgan fingerprint density at radius 1 is 0.958 bits per heavy atom. The normalized spacial score (nSPS) is 9.79. The number of urea groups is 1. The van der Waals surface area contributed by atoms with Crippen LogP contribution in [0.2, 0.25) is 5.15 Å². The molecule has 0 aliphatic heterocycles. The smallest absolute Gasteiger partial charge is 0.323 e. The van der Waals surface area contributed by atoms with Crippen LogP contribution in [-0.2, 0) is 0 Å². The number of fused-ring (bicyclic) bond motifs is 1. The van der Waals surface area contributed by atoms with Crippen LogP contribution in [0.1, 0.15) is 0 Å². The van der Waals surface area contributed by atoms with Gasteiger partial charge < -0.3 is 16.0 Å². The zero-order valence-corrected chi connectivity index (χ0v) is 14.3. The van der Waals surface area contributed by atoms with E-state index in [0.29, 0.717) is 10.8 Å². The van der Waals surface area contributed by atoms with Crippen molar-refractivity contribution in [1.82, 2.24) is 10.3 Å². The molecule has 2 amide bonds. The van der Waals surface area contributed by atoms with Gasteiger partial charge in [0, 0.05) is 11.1 Å². The molecule has 0 saturated carbocycles. The first kappa shape index (κ1) is 17.7. The number of anilines is 2. The topological polar surface area (TPSA) is 66.1 Å². The Kier molecular flexibility index (Phi) is 6.54. The summed E-state index contributed by atoms with van der Waals surface area (Å²) >= 11 is 5.98. The number of hydrogen-bond donors (Lipinski definition) is 3. The van der Waals surface area contributed by atoms with Crippen molar-refractivity contribution in [1.29, 1.82) is 0 Å². The molecule has 0 unspecified atom stereocenters. The molecular formula is C18H19ClN4O. The maximum absolute atomic E-state index is 12.1. The highest BCUT2D eigenvalue weighted by Gasteiger charge is 2.08. The third-order valence-electron chi connectivity index (χ3n) is 2.96. The van der Waals surface area contributed by atoms with Crippen molar-refractivity contribution >= 4 is 39.9 Å². The molecule has 3 rings (SSSR count). The third kappa shape index (κ3) is 4.94. The van der Waals surface area contributed by atoms with Gasteiger partial charge in [-0.2, -0.15) is 0 Å². The molecule has 3 aromatic rings. The van der Waals surface area contributed by atoms with Crippen LogP contribution in [0, 0.1) is 0 Å². The van der Waals surface area contributed by atoms with Gasteiger partial charge in [0.2, 0.25) is 0 Å². The number of rotatable bonds is 2. The molecule has 0 fully saturated rings. The van der Waals surface area contributed by atoms with Gasteiger partial charge in [-0.15, -0.1) is 0 Å². The number of para-hydroxylation sites is 2. The number of aromatic nitrogens is 1. The Morgan fingerprint density at radius 3 is 2.29 bits per heavy atom. The first-order valence-corrected chi connectivity index (χ1v) is 7.78. The number of hydrogen-bond acceptors (Lipinski definition) is 3. The monoisotopic (exact) mass is 342 g/mol. The van der Waals surface area contributed by atoms with Gasteiger partial charge in [-0.1, -0.05) is 48.0 Å². The van der Waals surface area contributed by atoms with Crippen LogP contribution in [0.5, 0.6) is 0 Å². The van der Waals surface area contributed by atoms with Gasteiger partial charge in [-0.05, 0) is 38.4 Å². The summed E-state index contributed by atoms with van der Waals surface area (Å²) < 4.78 is 0. The number of nitrogens with one attached hydrogen (secondary N) is 3. The van der Waals surface area contributed by atoms with Crippen molar-refractivity contribution < 1.29 is 4.79 Å². The van der Waals surface area contributed by atoms with E-state index in [1.807, 2.05) is 68.7 Å². The molecule has 2 aromatic carbocycles. The first-order valence-electron chi connectivity index (χ1n) is 7.41. The summed E-state index contributed by atoms with van der Waals surface area (Å²) in [6.07, 6.45) is 0. The fourth-order valence-corrected chi connectivity index (χ4v) is 2.25. The average Bonchev–Trinajstić information content (AvgIpc) is 2.56. The maximum atomic E-state index is 12.1. The Hall–Kier alpha value is -2.63. The number of carbonyl (C=O) groups is 1. The average molecular weight is 343 g/mol. The highest BCUT2D eigenvalue weighted by atomic mass is 35.5. The van der Waals surface area contributed by atoms with Crippen LogP contribution < -0.4 is 16.0 Å². The molecule has 0 aliphatic rings. The molecule has 0 spiro atoms. The van der Waals surface area contributed by atoms with Crippen molar-refractivity contribution in [2.75, 3.05) is 24.7 Å². The van der Waals surface area contributed by atoms with E-state index in [2.05, 4.69) is 20.9 Å². The van der Waals surface area contributed by atoms with Crippen molar-refractivity contribution in [2.45, 2.75) is 0 Å². The van der Waals surface area contributed by atoms with Crippen LogP contribution in [0.15, 0.2) is 60.7 Å². The summed E-state index contributed by atoms with van der Waals surface area (Å²) in [6.45, 7) is 0. The number of carbonyl (C=O) groups excluding carboxylic acids is 1. The Morgan fingerprint density at radius 2 is 1.58 bits per heavy atom. The van der Waals surface area contributed by atoms with Crippen LogP contribution in [0.4, 0.5) is 16.2 Å². The predicted octanol–water partition coefficient (Wildman–Crippen LogP) is 4.37. The van der Waals surface area contributed by atoms with E-state index < -0.39 is 0 Å². The summed E-state index contributed by atoms with van der Waals surface area (Å²) in [5.41, 5.74) is 2.08. The maximum Gasteiger partial charge on any atom is 0.323 e. The second-order valence-electron chi connectivity index (χ2n) is 4.95. The van der Waals surface area contributed by atoms with Gasteiger partial charge in [-0.25, -0.2) is 9.78 Å². The molecule has 0 bridgehead atoms. The molecule has 5 nitrogen and oxygen atoms in total. The van der Waals surface area contributed by atoms with Gasteiger partial charge >= 0.3 is 6.03 Å².